The van der Waals surface area contributed by atoms with Crippen molar-refractivity contribution in [3.63, 3.8) is 0 Å². The summed E-state index contributed by atoms with van der Waals surface area (Å²) in [5, 5.41) is 4.19. The summed E-state index contributed by atoms with van der Waals surface area (Å²) < 4.78 is 14.1. The summed E-state index contributed by atoms with van der Waals surface area (Å²) in [6.45, 7) is 3.65. The van der Waals surface area contributed by atoms with Gasteiger partial charge in [-0.3, -0.25) is 0 Å². The van der Waals surface area contributed by atoms with E-state index in [1.165, 1.54) is 0 Å². The first-order valence-corrected chi connectivity index (χ1v) is 7.77. The van der Waals surface area contributed by atoms with Gasteiger partial charge in [0, 0.05) is 17.5 Å². The highest BCUT2D eigenvalue weighted by molar-refractivity contribution is 6.31. The second-order valence-corrected chi connectivity index (χ2v) is 5.76. The molecule has 2 rings (SSSR count). The number of benzene rings is 2. The summed E-state index contributed by atoms with van der Waals surface area (Å²) >= 11 is 12.1. The van der Waals surface area contributed by atoms with Gasteiger partial charge in [-0.05, 0) is 36.2 Å². The number of likely N-dealkylation sites (N-methyl/N-ethyl adjacent to an activating group) is 1. The summed E-state index contributed by atoms with van der Waals surface area (Å²) in [4.78, 5) is 0. The van der Waals surface area contributed by atoms with Crippen LogP contribution < -0.4 is 5.32 Å². The molecule has 0 amide bonds. The highest BCUT2D eigenvalue weighted by atomic mass is 35.5. The third kappa shape index (κ3) is 4.19. The molecule has 0 spiro atoms. The van der Waals surface area contributed by atoms with Crippen molar-refractivity contribution in [3.05, 3.63) is 69.5 Å². The lowest BCUT2D eigenvalue weighted by atomic mass is 9.91. The average molecular weight is 326 g/mol. The van der Waals surface area contributed by atoms with E-state index in [1.54, 1.807) is 18.2 Å². The maximum Gasteiger partial charge on any atom is 0.144 e. The lowest BCUT2D eigenvalue weighted by Gasteiger charge is -2.19. The minimum atomic E-state index is -0.340. The Morgan fingerprint density at radius 1 is 1.05 bits per heavy atom. The molecule has 0 bridgehead atoms. The van der Waals surface area contributed by atoms with Crippen LogP contribution in [0.15, 0.2) is 42.5 Å². The van der Waals surface area contributed by atoms with Crippen LogP contribution in [-0.4, -0.2) is 13.1 Å². The largest absolute Gasteiger partial charge is 0.316 e. The van der Waals surface area contributed by atoms with Gasteiger partial charge in [0.05, 0.1) is 5.02 Å². The van der Waals surface area contributed by atoms with E-state index in [1.807, 2.05) is 31.2 Å². The zero-order valence-corrected chi connectivity index (χ0v) is 13.4. The van der Waals surface area contributed by atoms with Crippen molar-refractivity contribution < 1.29 is 4.39 Å². The molecular weight excluding hydrogens is 308 g/mol. The Bertz CT molecular complexity index is 601. The standard InChI is InChI=1S/C17H18Cl2FN/c1-2-21-11-13(14-7-3-4-8-15(14)18)10-12-6-5-9-16(19)17(12)20/h3-9,13,21H,2,10-11H2,1H3. The molecule has 0 fully saturated rings. The van der Waals surface area contributed by atoms with Crippen molar-refractivity contribution in [2.45, 2.75) is 19.3 Å². The van der Waals surface area contributed by atoms with Crippen LogP contribution in [0.4, 0.5) is 4.39 Å². The summed E-state index contributed by atoms with van der Waals surface area (Å²) in [7, 11) is 0. The quantitative estimate of drug-likeness (QED) is 0.782. The maximum absolute atomic E-state index is 14.1. The van der Waals surface area contributed by atoms with Crippen molar-refractivity contribution in [1.29, 1.82) is 0 Å². The van der Waals surface area contributed by atoms with Crippen LogP contribution in [0.5, 0.6) is 0 Å². The molecule has 0 aliphatic heterocycles. The fourth-order valence-electron chi connectivity index (χ4n) is 2.39. The van der Waals surface area contributed by atoms with Crippen molar-refractivity contribution in [3.8, 4) is 0 Å². The number of rotatable bonds is 6. The van der Waals surface area contributed by atoms with Crippen molar-refractivity contribution in [2.24, 2.45) is 0 Å². The molecule has 4 heteroatoms. The van der Waals surface area contributed by atoms with Gasteiger partial charge in [-0.15, -0.1) is 0 Å². The molecule has 0 saturated heterocycles. The van der Waals surface area contributed by atoms with Crippen molar-refractivity contribution in [1.82, 2.24) is 5.32 Å². The lowest BCUT2D eigenvalue weighted by molar-refractivity contribution is 0.562. The number of hydrogen-bond donors (Lipinski definition) is 1. The van der Waals surface area contributed by atoms with Gasteiger partial charge in [0.25, 0.3) is 0 Å². The predicted octanol–water partition coefficient (Wildman–Crippen LogP) is 5.07. The van der Waals surface area contributed by atoms with Gasteiger partial charge in [0.1, 0.15) is 5.82 Å². The average Bonchev–Trinajstić information content (AvgIpc) is 2.48. The molecule has 2 aromatic carbocycles. The third-order valence-electron chi connectivity index (χ3n) is 3.48. The van der Waals surface area contributed by atoms with Gasteiger partial charge in [0.15, 0.2) is 0 Å². The molecule has 1 unspecified atom stereocenters. The van der Waals surface area contributed by atoms with E-state index < -0.39 is 0 Å². The summed E-state index contributed by atoms with van der Waals surface area (Å²) in [6, 6.07) is 12.8. The summed E-state index contributed by atoms with van der Waals surface area (Å²) in [6.07, 6.45) is 0.559. The smallest absolute Gasteiger partial charge is 0.144 e. The minimum Gasteiger partial charge on any atom is -0.316 e. The molecule has 21 heavy (non-hydrogen) atoms. The van der Waals surface area contributed by atoms with E-state index in [4.69, 9.17) is 23.2 Å². The Labute approximate surface area is 135 Å². The van der Waals surface area contributed by atoms with E-state index in [9.17, 15) is 4.39 Å². The van der Waals surface area contributed by atoms with E-state index in [0.717, 1.165) is 18.7 Å². The van der Waals surface area contributed by atoms with Crippen LogP contribution in [0.25, 0.3) is 0 Å². The van der Waals surface area contributed by atoms with Gasteiger partial charge in [0.2, 0.25) is 0 Å². The van der Waals surface area contributed by atoms with Crippen LogP contribution in [-0.2, 0) is 6.42 Å². The topological polar surface area (TPSA) is 12.0 Å². The minimum absolute atomic E-state index is 0.103. The molecule has 0 heterocycles. The van der Waals surface area contributed by atoms with E-state index in [0.29, 0.717) is 17.0 Å². The molecule has 0 saturated carbocycles. The normalized spacial score (nSPS) is 12.4. The van der Waals surface area contributed by atoms with Gasteiger partial charge in [-0.2, -0.15) is 0 Å². The number of hydrogen-bond acceptors (Lipinski definition) is 1. The Morgan fingerprint density at radius 3 is 2.48 bits per heavy atom. The van der Waals surface area contributed by atoms with E-state index >= 15 is 0 Å². The third-order valence-corrected chi connectivity index (χ3v) is 4.12. The first-order valence-electron chi connectivity index (χ1n) is 7.01. The van der Waals surface area contributed by atoms with Gasteiger partial charge in [-0.25, -0.2) is 4.39 Å². The van der Waals surface area contributed by atoms with E-state index in [-0.39, 0.29) is 16.8 Å². The highest BCUT2D eigenvalue weighted by Gasteiger charge is 2.17. The Hall–Kier alpha value is -1.09. The molecule has 1 atom stereocenters. The zero-order valence-electron chi connectivity index (χ0n) is 11.9. The fourth-order valence-corrected chi connectivity index (χ4v) is 2.87. The molecule has 0 aliphatic rings. The van der Waals surface area contributed by atoms with E-state index in [2.05, 4.69) is 5.32 Å². The second kappa shape index (κ2) is 7.79. The Morgan fingerprint density at radius 2 is 1.76 bits per heavy atom. The first kappa shape index (κ1) is 16.3. The first-order chi connectivity index (χ1) is 10.1. The van der Waals surface area contributed by atoms with Gasteiger partial charge in [-0.1, -0.05) is 60.5 Å². The predicted molar refractivity (Wildman–Crippen MR) is 87.9 cm³/mol. The second-order valence-electron chi connectivity index (χ2n) is 4.94. The van der Waals surface area contributed by atoms with Gasteiger partial charge >= 0.3 is 0 Å². The molecule has 0 aromatic heterocycles. The molecule has 112 valence electrons. The maximum atomic E-state index is 14.1. The molecule has 0 aliphatic carbocycles. The van der Waals surface area contributed by atoms with Crippen molar-refractivity contribution in [2.75, 3.05) is 13.1 Å². The lowest BCUT2D eigenvalue weighted by Crippen LogP contribution is -2.23. The summed E-state index contributed by atoms with van der Waals surface area (Å²) in [5.41, 5.74) is 1.64. The van der Waals surface area contributed by atoms with Crippen LogP contribution >= 0.6 is 23.2 Å². The Kier molecular flexibility index (Phi) is 6.04. The monoisotopic (exact) mass is 325 g/mol. The molecular formula is C17H18Cl2FN. The summed E-state index contributed by atoms with van der Waals surface area (Å²) in [5.74, 6) is -0.237. The molecule has 0 radical (unpaired) electrons. The van der Waals surface area contributed by atoms with Crippen LogP contribution in [0, 0.1) is 5.82 Å². The fraction of sp³-hybridized carbons (Fsp3) is 0.294. The number of halogens is 3. The Balaban J connectivity index is 2.28. The highest BCUT2D eigenvalue weighted by Crippen LogP contribution is 2.29. The van der Waals surface area contributed by atoms with Crippen molar-refractivity contribution >= 4 is 23.2 Å². The zero-order chi connectivity index (χ0) is 15.2. The number of nitrogens with one attached hydrogen (secondary N) is 1. The SMILES string of the molecule is CCNCC(Cc1cccc(Cl)c1F)c1ccccc1Cl. The molecule has 1 N–H and O–H groups in total. The van der Waals surface area contributed by atoms with Crippen LogP contribution in [0.1, 0.15) is 24.0 Å². The molecule has 1 nitrogen and oxygen atoms in total. The van der Waals surface area contributed by atoms with Gasteiger partial charge < -0.3 is 5.32 Å². The van der Waals surface area contributed by atoms with Crippen LogP contribution in [0.2, 0.25) is 10.0 Å². The van der Waals surface area contributed by atoms with Crippen LogP contribution in [0.3, 0.4) is 0 Å². The molecule has 2 aromatic rings.